The van der Waals surface area contributed by atoms with Crippen LogP contribution in [0.2, 0.25) is 0 Å². The summed E-state index contributed by atoms with van der Waals surface area (Å²) >= 11 is 1.60. The smallest absolute Gasteiger partial charge is 0.160 e. The van der Waals surface area contributed by atoms with Gasteiger partial charge in [0, 0.05) is 5.75 Å². The van der Waals surface area contributed by atoms with E-state index < -0.39 is 0 Å². The summed E-state index contributed by atoms with van der Waals surface area (Å²) in [7, 11) is 0. The number of ether oxygens (including phenoxy) is 1. The highest BCUT2D eigenvalue weighted by atomic mass is 32.2. The predicted molar refractivity (Wildman–Crippen MR) is 46.3 cm³/mol. The number of carbonyl (C=O) groups excluding carboxylic acids is 1. The molecule has 0 radical (unpaired) electrons. The molecule has 0 fully saturated rings. The lowest BCUT2D eigenvalue weighted by Gasteiger charge is -2.12. The third kappa shape index (κ3) is 2.80. The average Bonchev–Trinajstić information content (AvgIpc) is 2.06. The molecule has 0 saturated carbocycles. The fraction of sp³-hybridized carbons (Fsp3) is 0.375. The molecule has 0 aromatic heterocycles. The normalized spacial score (nSPS) is 18.8. The zero-order valence-corrected chi connectivity index (χ0v) is 7.14. The molecule has 0 aromatic carbocycles. The zero-order chi connectivity index (χ0) is 8.10. The van der Waals surface area contributed by atoms with Crippen molar-refractivity contribution in [2.75, 3.05) is 5.75 Å². The lowest BCUT2D eigenvalue weighted by Crippen LogP contribution is -2.08. The van der Waals surface area contributed by atoms with Crippen molar-refractivity contribution in [3.8, 4) is 0 Å². The van der Waals surface area contributed by atoms with Crippen LogP contribution in [0.5, 0.6) is 0 Å². The molecular formula is C8H10O2S. The van der Waals surface area contributed by atoms with Gasteiger partial charge in [-0.05, 0) is 13.0 Å². The molecule has 3 heteroatoms. The number of hydrogen-bond donors (Lipinski definition) is 0. The second-order valence-corrected chi connectivity index (χ2v) is 3.21. The number of rotatable bonds is 3. The van der Waals surface area contributed by atoms with Crippen molar-refractivity contribution in [1.29, 1.82) is 0 Å². The molecule has 1 unspecified atom stereocenters. The molecule has 11 heavy (non-hydrogen) atoms. The van der Waals surface area contributed by atoms with Gasteiger partial charge >= 0.3 is 0 Å². The minimum absolute atomic E-state index is 0.333. The van der Waals surface area contributed by atoms with Gasteiger partial charge in [0.2, 0.25) is 0 Å². The lowest BCUT2D eigenvalue weighted by molar-refractivity contribution is -0.114. The summed E-state index contributed by atoms with van der Waals surface area (Å²) in [5.74, 6) is 0.928. The monoisotopic (exact) mass is 170 g/mol. The first-order valence-electron chi connectivity index (χ1n) is 3.44. The highest BCUT2D eigenvalue weighted by Crippen LogP contribution is 2.21. The van der Waals surface area contributed by atoms with Crippen LogP contribution in [0.15, 0.2) is 23.3 Å². The van der Waals surface area contributed by atoms with E-state index in [0.717, 1.165) is 17.1 Å². The van der Waals surface area contributed by atoms with E-state index in [1.807, 2.05) is 18.2 Å². The van der Waals surface area contributed by atoms with Crippen molar-refractivity contribution >= 4 is 18.0 Å². The molecular weight excluding hydrogens is 160 g/mol. The third-order valence-corrected chi connectivity index (χ3v) is 2.06. The Labute approximate surface area is 70.3 Å². The molecule has 0 saturated heterocycles. The Morgan fingerprint density at radius 1 is 1.82 bits per heavy atom. The largest absolute Gasteiger partial charge is 0.477 e. The zero-order valence-electron chi connectivity index (χ0n) is 6.32. The molecule has 60 valence electrons. The van der Waals surface area contributed by atoms with Crippen LogP contribution in [0.3, 0.4) is 0 Å². The van der Waals surface area contributed by atoms with E-state index in [2.05, 4.69) is 0 Å². The molecule has 1 heterocycles. The molecule has 1 aliphatic rings. The molecule has 1 aliphatic heterocycles. The second kappa shape index (κ2) is 4.23. The van der Waals surface area contributed by atoms with E-state index in [1.165, 1.54) is 0 Å². The Kier molecular flexibility index (Phi) is 3.23. The highest BCUT2D eigenvalue weighted by molar-refractivity contribution is 8.03. The first-order chi connectivity index (χ1) is 5.33. The van der Waals surface area contributed by atoms with E-state index >= 15 is 0 Å². The van der Waals surface area contributed by atoms with Crippen LogP contribution < -0.4 is 0 Å². The Morgan fingerprint density at radius 2 is 2.64 bits per heavy atom. The SMILES string of the molecule is CC(C=O)OC1=CC=CCS1. The molecule has 2 nitrogen and oxygen atoms in total. The number of aldehydes is 1. The predicted octanol–water partition coefficient (Wildman–Crippen LogP) is 1.73. The van der Waals surface area contributed by atoms with E-state index in [0.29, 0.717) is 0 Å². The molecule has 0 amide bonds. The van der Waals surface area contributed by atoms with Gasteiger partial charge in [-0.15, -0.1) is 0 Å². The highest BCUT2D eigenvalue weighted by Gasteiger charge is 2.05. The van der Waals surface area contributed by atoms with Crippen molar-refractivity contribution in [3.05, 3.63) is 23.3 Å². The first-order valence-corrected chi connectivity index (χ1v) is 4.43. The van der Waals surface area contributed by atoms with E-state index in [4.69, 9.17) is 4.74 Å². The number of thioether (sulfide) groups is 1. The van der Waals surface area contributed by atoms with Gasteiger partial charge in [0.05, 0.1) is 0 Å². The summed E-state index contributed by atoms with van der Waals surface area (Å²) < 4.78 is 5.25. The van der Waals surface area contributed by atoms with E-state index in [1.54, 1.807) is 18.7 Å². The van der Waals surface area contributed by atoms with Crippen molar-refractivity contribution in [2.45, 2.75) is 13.0 Å². The van der Waals surface area contributed by atoms with Gasteiger partial charge in [0.15, 0.2) is 17.5 Å². The Bertz CT molecular complexity index is 196. The van der Waals surface area contributed by atoms with Crippen LogP contribution in [0.4, 0.5) is 0 Å². The minimum atomic E-state index is -0.333. The molecule has 1 atom stereocenters. The topological polar surface area (TPSA) is 26.3 Å². The maximum absolute atomic E-state index is 10.2. The lowest BCUT2D eigenvalue weighted by atomic mass is 10.4. The number of carbonyl (C=O) groups is 1. The summed E-state index contributed by atoms with van der Waals surface area (Å²) in [6.45, 7) is 1.73. The van der Waals surface area contributed by atoms with Gasteiger partial charge in [-0.3, -0.25) is 4.79 Å². The summed E-state index contributed by atoms with van der Waals surface area (Å²) in [6.07, 6.45) is 6.31. The van der Waals surface area contributed by atoms with E-state index in [9.17, 15) is 4.79 Å². The molecule has 0 aromatic rings. The summed E-state index contributed by atoms with van der Waals surface area (Å²) in [6, 6.07) is 0. The number of hydrogen-bond acceptors (Lipinski definition) is 3. The Balaban J connectivity index is 2.41. The Hall–Kier alpha value is -0.700. The van der Waals surface area contributed by atoms with Gasteiger partial charge in [-0.25, -0.2) is 0 Å². The molecule has 1 rings (SSSR count). The van der Waals surface area contributed by atoms with Crippen molar-refractivity contribution in [2.24, 2.45) is 0 Å². The quantitative estimate of drug-likeness (QED) is 0.603. The maximum atomic E-state index is 10.2. The van der Waals surface area contributed by atoms with Gasteiger partial charge in [-0.1, -0.05) is 23.9 Å². The van der Waals surface area contributed by atoms with Gasteiger partial charge in [0.25, 0.3) is 0 Å². The van der Waals surface area contributed by atoms with E-state index in [-0.39, 0.29) is 6.10 Å². The second-order valence-electron chi connectivity index (χ2n) is 2.18. The van der Waals surface area contributed by atoms with Crippen molar-refractivity contribution < 1.29 is 9.53 Å². The standard InChI is InChI=1S/C8H10O2S/c1-7(6-9)10-8-4-2-3-5-11-8/h2-4,6-7H,5H2,1H3. The molecule has 0 spiro atoms. The minimum Gasteiger partial charge on any atom is -0.477 e. The average molecular weight is 170 g/mol. The Morgan fingerprint density at radius 3 is 3.18 bits per heavy atom. The van der Waals surface area contributed by atoms with Gasteiger partial charge in [-0.2, -0.15) is 0 Å². The van der Waals surface area contributed by atoms with Crippen molar-refractivity contribution in [3.63, 3.8) is 0 Å². The summed E-state index contributed by atoms with van der Waals surface area (Å²) in [4.78, 5) is 10.2. The fourth-order valence-electron chi connectivity index (χ4n) is 0.665. The van der Waals surface area contributed by atoms with Gasteiger partial charge in [0.1, 0.15) is 0 Å². The van der Waals surface area contributed by atoms with Crippen molar-refractivity contribution in [1.82, 2.24) is 0 Å². The summed E-state index contributed by atoms with van der Waals surface area (Å²) in [5, 5.41) is 0.826. The van der Waals surface area contributed by atoms with Crippen LogP contribution in [0, 0.1) is 0 Å². The van der Waals surface area contributed by atoms with Crippen LogP contribution >= 0.6 is 11.8 Å². The number of allylic oxidation sites excluding steroid dienone is 2. The molecule has 0 N–H and O–H groups in total. The van der Waals surface area contributed by atoms with Crippen LogP contribution in [0.25, 0.3) is 0 Å². The third-order valence-electron chi connectivity index (χ3n) is 1.18. The van der Waals surface area contributed by atoms with Crippen LogP contribution in [-0.4, -0.2) is 18.1 Å². The maximum Gasteiger partial charge on any atom is 0.160 e. The molecule has 0 aliphatic carbocycles. The van der Waals surface area contributed by atoms with Gasteiger partial charge < -0.3 is 4.74 Å². The first kappa shape index (κ1) is 8.40. The summed E-state index contributed by atoms with van der Waals surface area (Å²) in [5.41, 5.74) is 0. The molecule has 0 bridgehead atoms. The van der Waals surface area contributed by atoms with Crippen LogP contribution in [0.1, 0.15) is 6.92 Å². The fourth-order valence-corrected chi connectivity index (χ4v) is 1.43. The van der Waals surface area contributed by atoms with Crippen LogP contribution in [-0.2, 0) is 9.53 Å².